The van der Waals surface area contributed by atoms with Crippen molar-refractivity contribution in [3.8, 4) is 0 Å². The lowest BCUT2D eigenvalue weighted by molar-refractivity contribution is 0.240. The van der Waals surface area contributed by atoms with E-state index in [1.54, 1.807) is 22.2 Å². The maximum atomic E-state index is 12.6. The number of hydrogen-bond donors (Lipinski definition) is 1. The molecule has 1 aromatic heterocycles. The summed E-state index contributed by atoms with van der Waals surface area (Å²) in [5.41, 5.74) is 6.58. The molecule has 1 aliphatic rings. The lowest BCUT2D eigenvalue weighted by Crippen LogP contribution is -2.51. The van der Waals surface area contributed by atoms with Crippen LogP contribution in [0.4, 0.5) is 0 Å². The zero-order chi connectivity index (χ0) is 14.8. The van der Waals surface area contributed by atoms with Gasteiger partial charge in [-0.05, 0) is 12.8 Å². The molecule has 1 fully saturated rings. The number of rotatable bonds is 5. The lowest BCUT2D eigenvalue weighted by atomic mass is 10.1. The summed E-state index contributed by atoms with van der Waals surface area (Å²) in [6, 6.07) is -0.0786. The minimum atomic E-state index is -3.46. The number of hydrogen-bond acceptors (Lipinski definition) is 4. The summed E-state index contributed by atoms with van der Waals surface area (Å²) in [5.74, 6) is 0. The van der Waals surface area contributed by atoms with Gasteiger partial charge in [-0.1, -0.05) is 6.42 Å². The molecular formula is C12H23N5O2S. The Morgan fingerprint density at radius 3 is 2.85 bits per heavy atom. The quantitative estimate of drug-likeness (QED) is 0.824. The van der Waals surface area contributed by atoms with Gasteiger partial charge in [0.15, 0.2) is 0 Å². The third-order valence-corrected chi connectivity index (χ3v) is 5.69. The van der Waals surface area contributed by atoms with Gasteiger partial charge in [0.05, 0.1) is 6.20 Å². The third-order valence-electron chi connectivity index (χ3n) is 3.70. The van der Waals surface area contributed by atoms with E-state index in [0.29, 0.717) is 19.6 Å². The summed E-state index contributed by atoms with van der Waals surface area (Å²) in [5, 5.41) is 4.06. The molecule has 0 saturated carbocycles. The number of nitrogens with two attached hydrogens (primary N) is 1. The standard InChI is InChI=1S/C12H23N5O2S/c1-15-9-11(8-14-15)10-16(2)20(18,19)17-6-4-3-5-12(17)7-13/h8-9,12H,3-7,10,13H2,1-2H3. The summed E-state index contributed by atoms with van der Waals surface area (Å²) < 4.78 is 29.9. The van der Waals surface area contributed by atoms with E-state index in [1.807, 2.05) is 13.2 Å². The van der Waals surface area contributed by atoms with E-state index in [-0.39, 0.29) is 6.04 Å². The van der Waals surface area contributed by atoms with Gasteiger partial charge < -0.3 is 5.73 Å². The van der Waals surface area contributed by atoms with E-state index in [4.69, 9.17) is 5.73 Å². The average Bonchev–Trinajstić information content (AvgIpc) is 2.84. The number of aromatic nitrogens is 2. The second kappa shape index (κ2) is 6.21. The maximum Gasteiger partial charge on any atom is 0.282 e. The fraction of sp³-hybridized carbons (Fsp3) is 0.750. The van der Waals surface area contributed by atoms with Gasteiger partial charge in [-0.15, -0.1) is 0 Å². The van der Waals surface area contributed by atoms with Crippen LogP contribution in [0.3, 0.4) is 0 Å². The van der Waals surface area contributed by atoms with Crippen LogP contribution in [0.2, 0.25) is 0 Å². The molecule has 0 spiro atoms. The fourth-order valence-electron chi connectivity index (χ4n) is 2.58. The highest BCUT2D eigenvalue weighted by Crippen LogP contribution is 2.22. The van der Waals surface area contributed by atoms with Gasteiger partial charge in [0.2, 0.25) is 0 Å². The Morgan fingerprint density at radius 2 is 2.25 bits per heavy atom. The smallest absolute Gasteiger partial charge is 0.282 e. The molecule has 1 aromatic rings. The Morgan fingerprint density at radius 1 is 1.50 bits per heavy atom. The van der Waals surface area contributed by atoms with Crippen LogP contribution < -0.4 is 5.73 Å². The topological polar surface area (TPSA) is 84.5 Å². The van der Waals surface area contributed by atoms with Crippen LogP contribution in [0.1, 0.15) is 24.8 Å². The highest BCUT2D eigenvalue weighted by atomic mass is 32.2. The lowest BCUT2D eigenvalue weighted by Gasteiger charge is -2.36. The molecule has 0 aliphatic carbocycles. The van der Waals surface area contributed by atoms with E-state index >= 15 is 0 Å². The Labute approximate surface area is 120 Å². The second-order valence-corrected chi connectivity index (χ2v) is 7.27. The van der Waals surface area contributed by atoms with Crippen molar-refractivity contribution in [2.24, 2.45) is 12.8 Å². The SMILES string of the molecule is CN(Cc1cnn(C)c1)S(=O)(=O)N1CCCCC1CN. The minimum absolute atomic E-state index is 0.0786. The Hall–Kier alpha value is -0.960. The van der Waals surface area contributed by atoms with Crippen molar-refractivity contribution >= 4 is 10.2 Å². The molecule has 1 atom stereocenters. The highest BCUT2D eigenvalue weighted by Gasteiger charge is 2.34. The van der Waals surface area contributed by atoms with Gasteiger partial charge in [-0.3, -0.25) is 4.68 Å². The van der Waals surface area contributed by atoms with Crippen molar-refractivity contribution < 1.29 is 8.42 Å². The number of aryl methyl sites for hydroxylation is 1. The van der Waals surface area contributed by atoms with Gasteiger partial charge in [-0.2, -0.15) is 22.1 Å². The van der Waals surface area contributed by atoms with Gasteiger partial charge in [0.25, 0.3) is 10.2 Å². The molecule has 2 rings (SSSR count). The molecule has 0 aromatic carbocycles. The molecule has 20 heavy (non-hydrogen) atoms. The predicted molar refractivity (Wildman–Crippen MR) is 77.0 cm³/mol. The summed E-state index contributed by atoms with van der Waals surface area (Å²) in [6.07, 6.45) is 6.29. The van der Waals surface area contributed by atoms with Crippen LogP contribution in [0.15, 0.2) is 12.4 Å². The predicted octanol–water partition coefficient (Wildman–Crippen LogP) is -0.0901. The van der Waals surface area contributed by atoms with E-state index < -0.39 is 10.2 Å². The maximum absolute atomic E-state index is 12.6. The average molecular weight is 301 g/mol. The minimum Gasteiger partial charge on any atom is -0.329 e. The molecule has 0 bridgehead atoms. The highest BCUT2D eigenvalue weighted by molar-refractivity contribution is 7.86. The van der Waals surface area contributed by atoms with Crippen LogP contribution in [-0.4, -0.2) is 53.0 Å². The van der Waals surface area contributed by atoms with Crippen LogP contribution in [0.5, 0.6) is 0 Å². The molecule has 1 aliphatic heterocycles. The molecule has 2 N–H and O–H groups in total. The molecule has 0 radical (unpaired) electrons. The first-order valence-corrected chi connectivity index (χ1v) is 8.25. The molecule has 0 amide bonds. The molecule has 7 nitrogen and oxygen atoms in total. The summed E-state index contributed by atoms with van der Waals surface area (Å²) in [6.45, 7) is 1.26. The van der Waals surface area contributed by atoms with Crippen molar-refractivity contribution in [3.05, 3.63) is 18.0 Å². The van der Waals surface area contributed by atoms with E-state index in [9.17, 15) is 8.42 Å². The van der Waals surface area contributed by atoms with E-state index in [2.05, 4.69) is 5.10 Å². The van der Waals surface area contributed by atoms with Crippen molar-refractivity contribution in [1.29, 1.82) is 0 Å². The van der Waals surface area contributed by atoms with Crippen molar-refractivity contribution in [3.63, 3.8) is 0 Å². The van der Waals surface area contributed by atoms with Gasteiger partial charge >= 0.3 is 0 Å². The van der Waals surface area contributed by atoms with Gasteiger partial charge in [0, 0.05) is 51.5 Å². The first-order valence-electron chi connectivity index (χ1n) is 6.86. The van der Waals surface area contributed by atoms with Crippen molar-refractivity contribution in [2.45, 2.75) is 31.8 Å². The van der Waals surface area contributed by atoms with Crippen molar-refractivity contribution in [2.75, 3.05) is 20.1 Å². The largest absolute Gasteiger partial charge is 0.329 e. The van der Waals surface area contributed by atoms with E-state index in [0.717, 1.165) is 24.8 Å². The Balaban J connectivity index is 2.11. The van der Waals surface area contributed by atoms with Crippen LogP contribution >= 0.6 is 0 Å². The first kappa shape index (κ1) is 15.4. The van der Waals surface area contributed by atoms with Crippen molar-refractivity contribution in [1.82, 2.24) is 18.4 Å². The summed E-state index contributed by atoms with van der Waals surface area (Å²) in [4.78, 5) is 0. The Kier molecular flexibility index (Phi) is 4.79. The summed E-state index contributed by atoms with van der Waals surface area (Å²) in [7, 11) is -0.0483. The third kappa shape index (κ3) is 3.20. The molecule has 1 unspecified atom stereocenters. The number of nitrogens with zero attached hydrogens (tertiary/aromatic N) is 4. The van der Waals surface area contributed by atoms with Gasteiger partial charge in [0.1, 0.15) is 0 Å². The molecule has 1 saturated heterocycles. The first-order chi connectivity index (χ1) is 9.45. The normalized spacial score (nSPS) is 21.5. The van der Waals surface area contributed by atoms with Crippen LogP contribution in [-0.2, 0) is 23.8 Å². The number of piperidine rings is 1. The zero-order valence-corrected chi connectivity index (χ0v) is 12.9. The fourth-order valence-corrected chi connectivity index (χ4v) is 4.18. The summed E-state index contributed by atoms with van der Waals surface area (Å²) >= 11 is 0. The van der Waals surface area contributed by atoms with Crippen LogP contribution in [0.25, 0.3) is 0 Å². The second-order valence-electron chi connectivity index (χ2n) is 5.28. The Bertz CT molecular complexity index is 542. The molecule has 8 heteroatoms. The monoisotopic (exact) mass is 301 g/mol. The molecule has 114 valence electrons. The van der Waals surface area contributed by atoms with Gasteiger partial charge in [-0.25, -0.2) is 0 Å². The molecule has 2 heterocycles. The van der Waals surface area contributed by atoms with E-state index in [1.165, 1.54) is 4.31 Å². The van der Waals surface area contributed by atoms with Crippen LogP contribution in [0, 0.1) is 0 Å². The molecular weight excluding hydrogens is 278 g/mol. The zero-order valence-electron chi connectivity index (χ0n) is 12.1.